The van der Waals surface area contributed by atoms with Crippen LogP contribution in [0.25, 0.3) is 0 Å². The maximum Gasteiger partial charge on any atom is 0.129 e. The molecule has 64 valence electrons. The minimum absolute atomic E-state index is 0.597. The SMILES string of the molecule is NCCc1ncc2c(n1)COC2. The summed E-state index contributed by atoms with van der Waals surface area (Å²) in [6.45, 7) is 1.87. The summed E-state index contributed by atoms with van der Waals surface area (Å²) in [5, 5.41) is 0. The van der Waals surface area contributed by atoms with E-state index in [1.807, 2.05) is 6.20 Å². The highest BCUT2D eigenvalue weighted by Gasteiger charge is 2.13. The number of nitrogens with two attached hydrogens (primary N) is 1. The van der Waals surface area contributed by atoms with E-state index in [4.69, 9.17) is 10.5 Å². The zero-order valence-corrected chi connectivity index (χ0v) is 6.79. The van der Waals surface area contributed by atoms with Crippen LogP contribution in [0.3, 0.4) is 0 Å². The normalized spacial score (nSPS) is 14.8. The third-order valence-corrected chi connectivity index (χ3v) is 1.87. The van der Waals surface area contributed by atoms with Gasteiger partial charge in [0, 0.05) is 18.2 Å². The van der Waals surface area contributed by atoms with Gasteiger partial charge in [0.25, 0.3) is 0 Å². The highest BCUT2D eigenvalue weighted by Crippen LogP contribution is 2.15. The molecule has 0 saturated carbocycles. The van der Waals surface area contributed by atoms with Crippen molar-refractivity contribution in [2.24, 2.45) is 5.73 Å². The molecule has 0 saturated heterocycles. The van der Waals surface area contributed by atoms with Crippen molar-refractivity contribution in [3.8, 4) is 0 Å². The Bertz CT molecular complexity index is 288. The van der Waals surface area contributed by atoms with Crippen molar-refractivity contribution in [2.75, 3.05) is 6.54 Å². The smallest absolute Gasteiger partial charge is 0.129 e. The van der Waals surface area contributed by atoms with Crippen LogP contribution in [-0.4, -0.2) is 16.5 Å². The monoisotopic (exact) mass is 165 g/mol. The van der Waals surface area contributed by atoms with Gasteiger partial charge in [0.2, 0.25) is 0 Å². The van der Waals surface area contributed by atoms with E-state index in [-0.39, 0.29) is 0 Å². The first-order chi connectivity index (χ1) is 5.90. The lowest BCUT2D eigenvalue weighted by Gasteiger charge is -1.98. The molecule has 2 heterocycles. The van der Waals surface area contributed by atoms with Crippen LogP contribution in [-0.2, 0) is 24.4 Å². The largest absolute Gasteiger partial charge is 0.370 e. The van der Waals surface area contributed by atoms with Gasteiger partial charge in [-0.05, 0) is 6.54 Å². The maximum absolute atomic E-state index is 5.39. The second-order valence-electron chi connectivity index (χ2n) is 2.79. The molecule has 2 N–H and O–H groups in total. The van der Waals surface area contributed by atoms with Crippen LogP contribution in [0.15, 0.2) is 6.20 Å². The van der Waals surface area contributed by atoms with Gasteiger partial charge in [-0.15, -0.1) is 0 Å². The van der Waals surface area contributed by atoms with Crippen LogP contribution in [0.5, 0.6) is 0 Å². The Morgan fingerprint density at radius 2 is 2.42 bits per heavy atom. The summed E-state index contributed by atoms with van der Waals surface area (Å²) >= 11 is 0. The van der Waals surface area contributed by atoms with Crippen LogP contribution in [0.2, 0.25) is 0 Å². The lowest BCUT2D eigenvalue weighted by atomic mass is 10.2. The van der Waals surface area contributed by atoms with E-state index in [0.717, 1.165) is 23.5 Å². The first kappa shape index (κ1) is 7.64. The fourth-order valence-corrected chi connectivity index (χ4v) is 1.24. The first-order valence-electron chi connectivity index (χ1n) is 4.01. The van der Waals surface area contributed by atoms with Crippen LogP contribution in [0.4, 0.5) is 0 Å². The van der Waals surface area contributed by atoms with Crippen molar-refractivity contribution in [1.82, 2.24) is 9.97 Å². The Balaban J connectivity index is 2.26. The molecule has 0 fully saturated rings. The first-order valence-corrected chi connectivity index (χ1v) is 4.01. The predicted molar refractivity (Wildman–Crippen MR) is 43.3 cm³/mol. The zero-order chi connectivity index (χ0) is 8.39. The third kappa shape index (κ3) is 1.31. The summed E-state index contributed by atoms with van der Waals surface area (Å²) in [6, 6.07) is 0. The average Bonchev–Trinajstić information content (AvgIpc) is 2.51. The molecule has 0 radical (unpaired) electrons. The standard InChI is InChI=1S/C8H11N3O/c9-2-1-8-10-3-6-4-12-5-7(6)11-8/h3H,1-2,4-5,9H2. The molecule has 0 aliphatic carbocycles. The van der Waals surface area contributed by atoms with Gasteiger partial charge in [0.15, 0.2) is 0 Å². The Morgan fingerprint density at radius 3 is 3.25 bits per heavy atom. The number of hydrogen-bond donors (Lipinski definition) is 1. The predicted octanol–water partition coefficient (Wildman–Crippen LogP) is 0.00800. The van der Waals surface area contributed by atoms with Gasteiger partial charge in [-0.3, -0.25) is 0 Å². The van der Waals surface area contributed by atoms with Crippen LogP contribution < -0.4 is 5.73 Å². The molecule has 2 rings (SSSR count). The van der Waals surface area contributed by atoms with Crippen molar-refractivity contribution < 1.29 is 4.74 Å². The van der Waals surface area contributed by atoms with Crippen molar-refractivity contribution >= 4 is 0 Å². The van der Waals surface area contributed by atoms with Crippen LogP contribution in [0, 0.1) is 0 Å². The minimum atomic E-state index is 0.597. The van der Waals surface area contributed by atoms with E-state index in [0.29, 0.717) is 19.8 Å². The van der Waals surface area contributed by atoms with E-state index in [2.05, 4.69) is 9.97 Å². The van der Waals surface area contributed by atoms with Gasteiger partial charge in [0.05, 0.1) is 18.9 Å². The van der Waals surface area contributed by atoms with Crippen molar-refractivity contribution in [3.63, 3.8) is 0 Å². The number of hydrogen-bond acceptors (Lipinski definition) is 4. The molecule has 1 aliphatic rings. The number of fused-ring (bicyclic) bond motifs is 1. The molecule has 4 nitrogen and oxygen atoms in total. The van der Waals surface area contributed by atoms with Crippen molar-refractivity contribution in [1.29, 1.82) is 0 Å². The van der Waals surface area contributed by atoms with Gasteiger partial charge in [0.1, 0.15) is 5.82 Å². The second-order valence-corrected chi connectivity index (χ2v) is 2.79. The molecule has 0 unspecified atom stereocenters. The number of ether oxygens (including phenoxy) is 1. The number of nitrogens with zero attached hydrogens (tertiary/aromatic N) is 2. The average molecular weight is 165 g/mol. The number of aromatic nitrogens is 2. The van der Waals surface area contributed by atoms with E-state index < -0.39 is 0 Å². The Labute approximate surface area is 70.8 Å². The number of rotatable bonds is 2. The fraction of sp³-hybridized carbons (Fsp3) is 0.500. The minimum Gasteiger partial charge on any atom is -0.370 e. The molecule has 0 aromatic carbocycles. The van der Waals surface area contributed by atoms with E-state index in [1.165, 1.54) is 0 Å². The van der Waals surface area contributed by atoms with E-state index in [1.54, 1.807) is 0 Å². The van der Waals surface area contributed by atoms with Gasteiger partial charge in [-0.2, -0.15) is 0 Å². The molecule has 4 heteroatoms. The summed E-state index contributed by atoms with van der Waals surface area (Å²) in [7, 11) is 0. The van der Waals surface area contributed by atoms with Gasteiger partial charge >= 0.3 is 0 Å². The van der Waals surface area contributed by atoms with Gasteiger partial charge < -0.3 is 10.5 Å². The summed E-state index contributed by atoms with van der Waals surface area (Å²) in [4.78, 5) is 8.50. The van der Waals surface area contributed by atoms with E-state index in [9.17, 15) is 0 Å². The van der Waals surface area contributed by atoms with E-state index >= 15 is 0 Å². The van der Waals surface area contributed by atoms with Crippen LogP contribution >= 0.6 is 0 Å². The molecule has 0 atom stereocenters. The van der Waals surface area contributed by atoms with Gasteiger partial charge in [-0.25, -0.2) is 9.97 Å². The molecule has 1 aromatic rings. The zero-order valence-electron chi connectivity index (χ0n) is 6.79. The summed E-state index contributed by atoms with van der Waals surface area (Å²) in [6.07, 6.45) is 2.58. The Hall–Kier alpha value is -1.00. The molecule has 1 aromatic heterocycles. The highest BCUT2D eigenvalue weighted by atomic mass is 16.5. The maximum atomic E-state index is 5.39. The quantitative estimate of drug-likeness (QED) is 0.670. The topological polar surface area (TPSA) is 61.0 Å². The highest BCUT2D eigenvalue weighted by molar-refractivity contribution is 5.18. The molecular formula is C8H11N3O. The lowest BCUT2D eigenvalue weighted by Crippen LogP contribution is -2.07. The lowest BCUT2D eigenvalue weighted by molar-refractivity contribution is 0.133. The summed E-state index contributed by atoms with van der Waals surface area (Å²) in [5.41, 5.74) is 7.52. The van der Waals surface area contributed by atoms with Crippen molar-refractivity contribution in [2.45, 2.75) is 19.6 Å². The second kappa shape index (κ2) is 3.16. The molecule has 0 amide bonds. The summed E-state index contributed by atoms with van der Waals surface area (Å²) in [5.74, 6) is 0.821. The fourth-order valence-electron chi connectivity index (χ4n) is 1.24. The molecule has 0 bridgehead atoms. The van der Waals surface area contributed by atoms with Crippen LogP contribution in [0.1, 0.15) is 17.1 Å². The third-order valence-electron chi connectivity index (χ3n) is 1.87. The summed E-state index contributed by atoms with van der Waals surface area (Å²) < 4.78 is 5.21. The molecular weight excluding hydrogens is 154 g/mol. The molecule has 1 aliphatic heterocycles. The molecule has 0 spiro atoms. The molecule has 12 heavy (non-hydrogen) atoms. The van der Waals surface area contributed by atoms with Gasteiger partial charge in [-0.1, -0.05) is 0 Å². The Morgan fingerprint density at radius 1 is 1.50 bits per heavy atom. The Kier molecular flexibility index (Phi) is 2.01. The van der Waals surface area contributed by atoms with Crippen molar-refractivity contribution in [3.05, 3.63) is 23.3 Å².